The Morgan fingerprint density at radius 2 is 2.04 bits per heavy atom. The third-order valence-electron chi connectivity index (χ3n) is 4.33. The summed E-state index contributed by atoms with van der Waals surface area (Å²) >= 11 is 0. The number of fused-ring (bicyclic) bond motifs is 3. The lowest BCUT2D eigenvalue weighted by atomic mass is 10.2. The summed E-state index contributed by atoms with van der Waals surface area (Å²) in [5.74, 6) is 0. The molecule has 0 radical (unpaired) electrons. The lowest BCUT2D eigenvalue weighted by Gasteiger charge is -2.05. The normalized spacial score (nSPS) is 12.8. The molecule has 6 heteroatoms. The van der Waals surface area contributed by atoms with Gasteiger partial charge < -0.3 is 9.88 Å². The first kappa shape index (κ1) is 16.7. The van der Waals surface area contributed by atoms with Gasteiger partial charge in [-0.05, 0) is 26.0 Å². The van der Waals surface area contributed by atoms with Gasteiger partial charge in [0.2, 0.25) is 0 Å². The molecule has 128 valence electrons. The first-order valence-corrected chi connectivity index (χ1v) is 8.00. The molecule has 6 nitrogen and oxygen atoms in total. The van der Waals surface area contributed by atoms with E-state index in [1.165, 1.54) is 0 Å². The highest BCUT2D eigenvalue weighted by Gasteiger charge is 2.17. The Hall–Kier alpha value is -3.15. The van der Waals surface area contributed by atoms with Gasteiger partial charge >= 0.3 is 0 Å². The summed E-state index contributed by atoms with van der Waals surface area (Å²) in [6.45, 7) is 7.56. The standard InChI is InChI=1S/C19H21N5O/c1-6-12(2)7-8-13(3)24-11-22-16-15-14(20-4)9-10-21-18(15)23(5)17(16)19(24)25/h6-11H,1H2,2-5H3,(H,20,21)/b12-7-,13-8+. The molecule has 1 N–H and O–H groups in total. The van der Waals surface area contributed by atoms with Crippen LogP contribution in [0.2, 0.25) is 0 Å². The topological polar surface area (TPSA) is 64.7 Å². The molecule has 0 unspecified atom stereocenters. The van der Waals surface area contributed by atoms with Crippen LogP contribution in [0.1, 0.15) is 13.8 Å². The van der Waals surface area contributed by atoms with Crippen molar-refractivity contribution in [2.24, 2.45) is 7.05 Å². The number of hydrogen-bond donors (Lipinski definition) is 1. The maximum absolute atomic E-state index is 13.0. The fraction of sp³-hybridized carbons (Fsp3) is 0.211. The fourth-order valence-electron chi connectivity index (χ4n) is 2.83. The molecule has 0 spiro atoms. The number of rotatable bonds is 4. The van der Waals surface area contributed by atoms with Crippen molar-refractivity contribution in [2.75, 3.05) is 12.4 Å². The molecule has 0 saturated carbocycles. The summed E-state index contributed by atoms with van der Waals surface area (Å²) in [5, 5.41) is 4.00. The quantitative estimate of drug-likeness (QED) is 0.743. The molecule has 3 aromatic heterocycles. The van der Waals surface area contributed by atoms with Gasteiger partial charge in [0, 0.05) is 31.7 Å². The van der Waals surface area contributed by atoms with Gasteiger partial charge in [0.05, 0.1) is 5.39 Å². The monoisotopic (exact) mass is 335 g/mol. The molecule has 0 aliphatic heterocycles. The summed E-state index contributed by atoms with van der Waals surface area (Å²) in [6, 6.07) is 1.88. The Kier molecular flexibility index (Phi) is 4.27. The van der Waals surface area contributed by atoms with Crippen LogP contribution in [-0.4, -0.2) is 26.1 Å². The van der Waals surface area contributed by atoms with Gasteiger partial charge in [-0.15, -0.1) is 0 Å². The van der Waals surface area contributed by atoms with Gasteiger partial charge in [0.25, 0.3) is 5.56 Å². The molecular formula is C19H21N5O. The molecule has 3 rings (SSSR count). The van der Waals surface area contributed by atoms with E-state index in [2.05, 4.69) is 21.9 Å². The second kappa shape index (κ2) is 6.39. The Morgan fingerprint density at radius 3 is 2.72 bits per heavy atom. The first-order chi connectivity index (χ1) is 12.0. The molecule has 0 atom stereocenters. The molecule has 3 aromatic rings. The largest absolute Gasteiger partial charge is 0.387 e. The molecule has 25 heavy (non-hydrogen) atoms. The van der Waals surface area contributed by atoms with Crippen LogP contribution in [0, 0.1) is 0 Å². The fourth-order valence-corrected chi connectivity index (χ4v) is 2.83. The minimum atomic E-state index is -0.119. The van der Waals surface area contributed by atoms with E-state index < -0.39 is 0 Å². The Bertz CT molecular complexity index is 1100. The van der Waals surface area contributed by atoms with Gasteiger partial charge in [-0.1, -0.05) is 24.3 Å². The number of nitrogens with one attached hydrogen (secondary N) is 1. The van der Waals surface area contributed by atoms with Crippen LogP contribution in [0.15, 0.2) is 53.8 Å². The van der Waals surface area contributed by atoms with E-state index in [1.54, 1.807) is 27.7 Å². The SMILES string of the molecule is C=C/C(C)=C\C=C(/C)n1cnc2c3c(NC)ccnc3n(C)c2c1=O. The summed E-state index contributed by atoms with van der Waals surface area (Å²) in [7, 11) is 3.68. The van der Waals surface area contributed by atoms with E-state index in [-0.39, 0.29) is 5.56 Å². The van der Waals surface area contributed by atoms with Crippen LogP contribution in [-0.2, 0) is 7.05 Å². The number of aryl methyl sites for hydroxylation is 1. The number of anilines is 1. The number of allylic oxidation sites excluding steroid dienone is 5. The molecule has 0 saturated heterocycles. The average Bonchev–Trinajstić information content (AvgIpc) is 2.93. The number of pyridine rings is 1. The van der Waals surface area contributed by atoms with Crippen LogP contribution in [0.25, 0.3) is 27.8 Å². The van der Waals surface area contributed by atoms with Crippen molar-refractivity contribution < 1.29 is 0 Å². The van der Waals surface area contributed by atoms with Gasteiger partial charge in [-0.2, -0.15) is 0 Å². The number of nitrogens with zero attached hydrogens (tertiary/aromatic N) is 4. The minimum absolute atomic E-state index is 0.119. The maximum Gasteiger partial charge on any atom is 0.282 e. The zero-order chi connectivity index (χ0) is 18.1. The van der Waals surface area contributed by atoms with Crippen molar-refractivity contribution in [3.05, 3.63) is 59.3 Å². The first-order valence-electron chi connectivity index (χ1n) is 8.00. The number of hydrogen-bond acceptors (Lipinski definition) is 4. The van der Waals surface area contributed by atoms with Crippen molar-refractivity contribution in [3.63, 3.8) is 0 Å². The van der Waals surface area contributed by atoms with E-state index >= 15 is 0 Å². The predicted molar refractivity (Wildman–Crippen MR) is 104 cm³/mol. The van der Waals surface area contributed by atoms with Gasteiger partial charge in [-0.25, -0.2) is 9.97 Å². The predicted octanol–water partition coefficient (Wildman–Crippen LogP) is 3.32. The van der Waals surface area contributed by atoms with E-state index in [0.717, 1.165) is 28.0 Å². The Morgan fingerprint density at radius 1 is 1.28 bits per heavy atom. The summed E-state index contributed by atoms with van der Waals surface area (Å²) in [5.41, 5.74) is 4.50. The molecule has 0 aliphatic rings. The second-order valence-corrected chi connectivity index (χ2v) is 5.91. The summed E-state index contributed by atoms with van der Waals surface area (Å²) in [4.78, 5) is 22.0. The minimum Gasteiger partial charge on any atom is -0.387 e. The zero-order valence-electron chi connectivity index (χ0n) is 14.9. The van der Waals surface area contributed by atoms with E-state index in [9.17, 15) is 4.79 Å². The average molecular weight is 335 g/mol. The second-order valence-electron chi connectivity index (χ2n) is 5.91. The van der Waals surface area contributed by atoms with Crippen molar-refractivity contribution in [2.45, 2.75) is 13.8 Å². The molecule has 0 amide bonds. The van der Waals surface area contributed by atoms with Gasteiger partial charge in [-0.3, -0.25) is 9.36 Å². The van der Waals surface area contributed by atoms with E-state index in [4.69, 9.17) is 0 Å². The number of aromatic nitrogens is 4. The zero-order valence-corrected chi connectivity index (χ0v) is 14.9. The maximum atomic E-state index is 13.0. The third-order valence-corrected chi connectivity index (χ3v) is 4.33. The highest BCUT2D eigenvalue weighted by Crippen LogP contribution is 2.29. The van der Waals surface area contributed by atoms with Crippen molar-refractivity contribution in [1.82, 2.24) is 19.1 Å². The molecular weight excluding hydrogens is 314 g/mol. The summed E-state index contributed by atoms with van der Waals surface area (Å²) < 4.78 is 3.35. The van der Waals surface area contributed by atoms with Crippen molar-refractivity contribution in [1.29, 1.82) is 0 Å². The van der Waals surface area contributed by atoms with Crippen LogP contribution < -0.4 is 10.9 Å². The van der Waals surface area contributed by atoms with Crippen LogP contribution >= 0.6 is 0 Å². The highest BCUT2D eigenvalue weighted by atomic mass is 16.1. The van der Waals surface area contributed by atoms with Crippen LogP contribution in [0.5, 0.6) is 0 Å². The smallest absolute Gasteiger partial charge is 0.282 e. The van der Waals surface area contributed by atoms with Crippen molar-refractivity contribution >= 4 is 33.5 Å². The molecule has 0 bridgehead atoms. The Balaban J connectivity index is 2.32. The summed E-state index contributed by atoms with van der Waals surface area (Å²) in [6.07, 6.45) is 8.86. The Labute approximate surface area is 145 Å². The van der Waals surface area contributed by atoms with Gasteiger partial charge in [0.1, 0.15) is 23.0 Å². The van der Waals surface area contributed by atoms with Crippen molar-refractivity contribution in [3.8, 4) is 0 Å². The molecule has 3 heterocycles. The molecule has 0 aliphatic carbocycles. The molecule has 0 fully saturated rings. The van der Waals surface area contributed by atoms with Gasteiger partial charge in [0.15, 0.2) is 0 Å². The third kappa shape index (κ3) is 2.65. The van der Waals surface area contributed by atoms with Crippen LogP contribution in [0.4, 0.5) is 5.69 Å². The van der Waals surface area contributed by atoms with Crippen LogP contribution in [0.3, 0.4) is 0 Å². The lowest BCUT2D eigenvalue weighted by Crippen LogP contribution is -2.20. The van der Waals surface area contributed by atoms with E-state index in [0.29, 0.717) is 11.0 Å². The highest BCUT2D eigenvalue weighted by molar-refractivity contribution is 6.10. The van der Waals surface area contributed by atoms with E-state index in [1.807, 2.05) is 46.2 Å². The molecule has 0 aromatic carbocycles. The lowest BCUT2D eigenvalue weighted by molar-refractivity contribution is 0.928.